The number of rotatable bonds is 42. The number of guanidine groups is 1. The third-order valence-corrected chi connectivity index (χ3v) is 16.7. The van der Waals surface area contributed by atoms with E-state index in [1.165, 1.54) is 21.6 Å². The molecule has 31 nitrogen and oxygen atoms in total. The van der Waals surface area contributed by atoms with Crippen molar-refractivity contribution in [3.63, 3.8) is 0 Å². The normalized spacial score (nSPS) is 16.8. The molecule has 0 saturated carbocycles. The standard InChI is InChI=1S/C63H98N18O13S/c1-37(2)33-45(57(89)74-41(53(68)85)27-32-95-3)73-52(84)36-72-54(86)46(34-38-15-6-4-7-16-38)78-58(90)47(35-39-17-8-5-9-18-39)79-56(88)42(23-25-50(66)82)75-55(87)43(24-26-51(67)83)76-59(91)49-22-14-31-81(49)62(94)44(20-10-11-28-64)77-60(92)48-21-13-30-80(48)61(93)40(65)19-12-29-71-63(69)70/h4-9,15-18,37,40-49H,10-14,19-36,64-65H2,1-3H3,(H2,66,82)(H2,67,83)(H2,68,85)(H,72,86)(H,73,84)(H,74,89)(H,75,87)(H,76,91)(H,77,92)(H,78,90)(H,79,88)(H4,69,70,71)/t40-,41+,42-,43+,44+,45+,46-,47-,48-,49+/m1/s1. The zero-order valence-electron chi connectivity index (χ0n) is 54.5. The van der Waals surface area contributed by atoms with Crippen LogP contribution >= 0.6 is 11.8 Å². The molecule has 22 N–H and O–H groups in total. The zero-order valence-corrected chi connectivity index (χ0v) is 55.3. The van der Waals surface area contributed by atoms with Gasteiger partial charge < -0.3 is 92.5 Å². The van der Waals surface area contributed by atoms with Crippen LogP contribution in [0.2, 0.25) is 0 Å². The number of nitrogens with zero attached hydrogens (tertiary/aromatic N) is 3. The second kappa shape index (κ2) is 41.0. The maximum Gasteiger partial charge on any atom is 0.245 e. The molecule has 0 aliphatic carbocycles. The van der Waals surface area contributed by atoms with Gasteiger partial charge in [0.2, 0.25) is 76.8 Å². The summed E-state index contributed by atoms with van der Waals surface area (Å²) in [6.07, 6.45) is 3.12. The molecule has 95 heavy (non-hydrogen) atoms. The quantitative estimate of drug-likeness (QED) is 0.0173. The molecule has 2 saturated heterocycles. The first-order valence-corrected chi connectivity index (χ1v) is 33.6. The first-order valence-electron chi connectivity index (χ1n) is 32.2. The Bertz CT molecular complexity index is 2960. The van der Waals surface area contributed by atoms with Crippen LogP contribution in [0, 0.1) is 5.92 Å². The van der Waals surface area contributed by atoms with Gasteiger partial charge in [-0.2, -0.15) is 11.8 Å². The van der Waals surface area contributed by atoms with Crippen LogP contribution in [0.5, 0.6) is 0 Å². The minimum atomic E-state index is -1.64. The highest BCUT2D eigenvalue weighted by Crippen LogP contribution is 2.24. The van der Waals surface area contributed by atoms with Gasteiger partial charge in [-0.25, -0.2) is 0 Å². The number of thioether (sulfide) groups is 1. The summed E-state index contributed by atoms with van der Waals surface area (Å²) in [5.41, 5.74) is 40.6. The van der Waals surface area contributed by atoms with Crippen molar-refractivity contribution in [1.29, 1.82) is 0 Å². The van der Waals surface area contributed by atoms with Gasteiger partial charge >= 0.3 is 0 Å². The van der Waals surface area contributed by atoms with Gasteiger partial charge in [0.1, 0.15) is 54.4 Å². The molecule has 2 fully saturated rings. The van der Waals surface area contributed by atoms with E-state index < -0.39 is 169 Å². The monoisotopic (exact) mass is 1350 g/mol. The summed E-state index contributed by atoms with van der Waals surface area (Å²) in [6, 6.07) is 4.51. The molecule has 0 spiro atoms. The number of likely N-dealkylation sites (tertiary alicyclic amines) is 2. The summed E-state index contributed by atoms with van der Waals surface area (Å²) in [6.45, 7) is 3.86. The van der Waals surface area contributed by atoms with Gasteiger partial charge in [-0.3, -0.25) is 67.3 Å². The zero-order chi connectivity index (χ0) is 70.1. The van der Waals surface area contributed by atoms with Crippen LogP contribution < -0.4 is 82.7 Å². The number of nitrogens with two attached hydrogens (primary N) is 7. The van der Waals surface area contributed by atoms with Crippen LogP contribution in [0.4, 0.5) is 0 Å². The molecule has 10 atom stereocenters. The van der Waals surface area contributed by atoms with Crippen molar-refractivity contribution < 1.29 is 62.3 Å². The highest BCUT2D eigenvalue weighted by Gasteiger charge is 2.42. The van der Waals surface area contributed by atoms with E-state index in [1.54, 1.807) is 60.7 Å². The molecule has 13 amide bonds. The predicted molar refractivity (Wildman–Crippen MR) is 356 cm³/mol. The topological polar surface area (TPSA) is 519 Å². The third kappa shape index (κ3) is 27.5. The van der Waals surface area contributed by atoms with Crippen molar-refractivity contribution in [3.05, 3.63) is 71.8 Å². The minimum Gasteiger partial charge on any atom is -0.370 e. The largest absolute Gasteiger partial charge is 0.370 e. The molecule has 2 heterocycles. The molecule has 0 radical (unpaired) electrons. The maximum atomic E-state index is 14.7. The van der Waals surface area contributed by atoms with Crippen molar-refractivity contribution in [2.24, 2.45) is 51.0 Å². The predicted octanol–water partition coefficient (Wildman–Crippen LogP) is -3.71. The second-order valence-electron chi connectivity index (χ2n) is 24.1. The molecule has 4 rings (SSSR count). The Labute approximate surface area is 558 Å². The number of hydrogen-bond donors (Lipinski definition) is 15. The number of carbonyl (C=O) groups is 13. The van der Waals surface area contributed by atoms with Gasteiger partial charge in [0.05, 0.1) is 12.6 Å². The van der Waals surface area contributed by atoms with Crippen LogP contribution in [0.3, 0.4) is 0 Å². The van der Waals surface area contributed by atoms with Gasteiger partial charge in [0, 0.05) is 45.3 Å². The Kier molecular flexibility index (Phi) is 33.9. The number of benzene rings is 2. The molecule has 0 unspecified atom stereocenters. The molecule has 2 aliphatic rings. The first-order chi connectivity index (χ1) is 45.2. The Balaban J connectivity index is 1.56. The van der Waals surface area contributed by atoms with Gasteiger partial charge in [-0.15, -0.1) is 0 Å². The Hall–Kier alpha value is -8.91. The molecule has 2 aliphatic heterocycles. The van der Waals surface area contributed by atoms with Crippen molar-refractivity contribution in [1.82, 2.24) is 52.3 Å². The van der Waals surface area contributed by atoms with Crippen LogP contribution in [-0.2, 0) is 75.2 Å². The third-order valence-electron chi connectivity index (χ3n) is 16.0. The number of nitrogens with one attached hydrogen (secondary N) is 8. The van der Waals surface area contributed by atoms with E-state index in [9.17, 15) is 62.3 Å². The average molecular weight is 1350 g/mol. The van der Waals surface area contributed by atoms with Gasteiger partial charge in [0.25, 0.3) is 0 Å². The lowest BCUT2D eigenvalue weighted by Crippen LogP contribution is -2.60. The lowest BCUT2D eigenvalue weighted by Gasteiger charge is -2.32. The summed E-state index contributed by atoms with van der Waals surface area (Å²) in [5, 5.41) is 21.1. The second-order valence-corrected chi connectivity index (χ2v) is 25.1. The molecule has 2 aromatic rings. The number of carbonyl (C=O) groups excluding carboxylic acids is 13. The minimum absolute atomic E-state index is 0.0736. The molecular weight excluding hydrogens is 1250 g/mol. The summed E-state index contributed by atoms with van der Waals surface area (Å²) in [4.78, 5) is 185. The van der Waals surface area contributed by atoms with Crippen LogP contribution in [0.25, 0.3) is 0 Å². The summed E-state index contributed by atoms with van der Waals surface area (Å²) in [5.74, 6) is -9.80. The van der Waals surface area contributed by atoms with E-state index in [-0.39, 0.29) is 83.0 Å². The molecule has 0 bridgehead atoms. The van der Waals surface area contributed by atoms with E-state index in [4.69, 9.17) is 40.1 Å². The fourth-order valence-corrected chi connectivity index (χ4v) is 11.5. The van der Waals surface area contributed by atoms with Crippen LogP contribution in [-0.4, -0.2) is 198 Å². The molecular formula is C63H98N18O13S. The Morgan fingerprint density at radius 1 is 0.537 bits per heavy atom. The summed E-state index contributed by atoms with van der Waals surface area (Å²) < 4.78 is 0. The smallest absolute Gasteiger partial charge is 0.245 e. The van der Waals surface area contributed by atoms with Crippen molar-refractivity contribution in [2.75, 3.05) is 44.7 Å². The fraction of sp³-hybridized carbons (Fsp3) is 0.587. The lowest BCUT2D eigenvalue weighted by molar-refractivity contribution is -0.144. The molecule has 524 valence electrons. The number of hydrogen-bond acceptors (Lipinski definition) is 17. The van der Waals surface area contributed by atoms with Gasteiger partial charge in [0.15, 0.2) is 5.96 Å². The van der Waals surface area contributed by atoms with Crippen molar-refractivity contribution >= 4 is 94.5 Å². The number of primary amides is 3. The summed E-state index contributed by atoms with van der Waals surface area (Å²) in [7, 11) is 0. The number of unbranched alkanes of at least 4 members (excludes halogenated alkanes) is 1. The Morgan fingerprint density at radius 3 is 1.51 bits per heavy atom. The summed E-state index contributed by atoms with van der Waals surface area (Å²) >= 11 is 1.45. The lowest BCUT2D eigenvalue weighted by atomic mass is 10.0. The van der Waals surface area contributed by atoms with Gasteiger partial charge in [-0.1, -0.05) is 74.5 Å². The van der Waals surface area contributed by atoms with E-state index in [0.29, 0.717) is 55.4 Å². The van der Waals surface area contributed by atoms with E-state index in [1.807, 2.05) is 20.1 Å². The van der Waals surface area contributed by atoms with Crippen molar-refractivity contribution in [2.45, 2.75) is 183 Å². The SMILES string of the molecule is CSCC[C@H](NC(=O)[C@H](CC(C)C)NC(=O)CNC(=O)[C@@H](Cc1ccccc1)NC(=O)[C@@H](Cc1ccccc1)NC(=O)[C@@H](CCC(N)=O)NC(=O)[C@H](CCC(N)=O)NC(=O)[C@@H]1CCCN1C(=O)[C@H](CCCCN)NC(=O)[C@H]1CCCN1C(=O)[C@H](N)CCCN=C(N)N)C(N)=O. The van der Waals surface area contributed by atoms with Crippen LogP contribution in [0.1, 0.15) is 121 Å². The maximum absolute atomic E-state index is 14.7. The Morgan fingerprint density at radius 2 is 1.01 bits per heavy atom. The molecule has 2 aromatic carbocycles. The molecule has 32 heteroatoms. The highest BCUT2D eigenvalue weighted by atomic mass is 32.2. The van der Waals surface area contributed by atoms with Crippen molar-refractivity contribution in [3.8, 4) is 0 Å². The van der Waals surface area contributed by atoms with Gasteiger partial charge in [-0.05, 0) is 119 Å². The van der Waals surface area contributed by atoms with Crippen LogP contribution in [0.15, 0.2) is 65.7 Å². The highest BCUT2D eigenvalue weighted by molar-refractivity contribution is 7.98. The first kappa shape index (κ1) is 78.5. The average Bonchev–Trinajstić information content (AvgIpc) is 1.74. The van der Waals surface area contributed by atoms with E-state index in [2.05, 4.69) is 47.5 Å². The number of amides is 13. The fourth-order valence-electron chi connectivity index (χ4n) is 11.0. The number of aliphatic imine (C=N–C) groups is 1. The van der Waals surface area contributed by atoms with E-state index in [0.717, 1.165) is 0 Å². The van der Waals surface area contributed by atoms with E-state index >= 15 is 0 Å². The molecule has 0 aromatic heterocycles.